The van der Waals surface area contributed by atoms with E-state index in [0.29, 0.717) is 35.4 Å². The first-order valence-corrected chi connectivity index (χ1v) is 19.6. The summed E-state index contributed by atoms with van der Waals surface area (Å²) in [6.45, 7) is 10.2. The minimum atomic E-state index is -2.84. The Morgan fingerprint density at radius 2 is 1.88 bits per heavy atom. The van der Waals surface area contributed by atoms with Gasteiger partial charge >= 0.3 is 5.97 Å². The van der Waals surface area contributed by atoms with Gasteiger partial charge in [-0.1, -0.05) is 15.9 Å². The third kappa shape index (κ3) is 8.10. The molecule has 3 unspecified atom stereocenters. The van der Waals surface area contributed by atoms with Crippen LogP contribution in [0.5, 0.6) is 11.5 Å². The molecule has 0 bridgehead atoms. The molecule has 0 saturated carbocycles. The summed E-state index contributed by atoms with van der Waals surface area (Å²) in [5.41, 5.74) is 11.2. The summed E-state index contributed by atoms with van der Waals surface area (Å²) in [5, 5.41) is 4.28. The van der Waals surface area contributed by atoms with Crippen LogP contribution in [0.25, 0.3) is 0 Å². The number of guanidine groups is 1. The number of rotatable bonds is 12. The van der Waals surface area contributed by atoms with Crippen molar-refractivity contribution in [1.82, 2.24) is 5.32 Å². The molecule has 0 spiro atoms. The molecule has 0 fully saturated rings. The number of benzene rings is 2. The van der Waals surface area contributed by atoms with Crippen molar-refractivity contribution in [2.75, 3.05) is 29.5 Å². The lowest BCUT2D eigenvalue weighted by Crippen LogP contribution is -2.43. The minimum absolute atomic E-state index is 0.0424. The fourth-order valence-electron chi connectivity index (χ4n) is 6.52. The first-order chi connectivity index (χ1) is 24.0. The largest absolute Gasteiger partial charge is 0.755 e. The van der Waals surface area contributed by atoms with Gasteiger partial charge in [0.05, 0.1) is 53.3 Å². The third-order valence-electron chi connectivity index (χ3n) is 8.87. The van der Waals surface area contributed by atoms with E-state index < -0.39 is 46.1 Å². The molecular weight excluding hydrogens is 786 g/mol. The summed E-state index contributed by atoms with van der Waals surface area (Å²) >= 11 is -1.24. The first-order valence-electron chi connectivity index (χ1n) is 15.9. The summed E-state index contributed by atoms with van der Waals surface area (Å²) in [5.74, 6) is -0.484. The van der Waals surface area contributed by atoms with Gasteiger partial charge in [0, 0.05) is 35.0 Å². The highest BCUT2D eigenvalue weighted by Crippen LogP contribution is 2.46. The monoisotopic (exact) mass is 823 g/mol. The Morgan fingerprint density at radius 1 is 1.16 bits per heavy atom. The molecular formula is C33H38BrN5O9S3-2. The zero-order chi connectivity index (χ0) is 37.4. The number of nitrogens with two attached hydrogens (primary N) is 1. The van der Waals surface area contributed by atoms with Crippen LogP contribution in [0.4, 0.5) is 17.1 Å². The van der Waals surface area contributed by atoms with E-state index in [0.717, 1.165) is 49.2 Å². The van der Waals surface area contributed by atoms with Crippen LogP contribution in [-0.4, -0.2) is 67.3 Å². The number of halogens is 1. The van der Waals surface area contributed by atoms with Crippen LogP contribution >= 0.6 is 27.3 Å². The van der Waals surface area contributed by atoms with E-state index in [1.807, 2.05) is 40.7 Å². The number of anilines is 3. The second kappa shape index (κ2) is 15.6. The van der Waals surface area contributed by atoms with Crippen molar-refractivity contribution in [3.05, 3.63) is 60.7 Å². The van der Waals surface area contributed by atoms with Crippen molar-refractivity contribution in [3.8, 4) is 11.5 Å². The Morgan fingerprint density at radius 3 is 2.55 bits per heavy atom. The molecule has 276 valence electrons. The summed E-state index contributed by atoms with van der Waals surface area (Å²) < 4.78 is 70.7. The standard InChI is InChI=1S/C33H40BrN5O9S3/c1-17-18(2)27-22(16-33(4,5)48-27)19(3)26(17)38(32(35)37-50(42)43)11-7-8-23(31(41)46-6)36-30(40)29-24(10-13-49-29)39(51(44)45)25-15-21(34)14-20-9-12-47-28(20)25/h10,13-15,23H,7-9,11-12,16H2,1-6H3,(H2,35,37)(H,36,40)(H,42,43)(H,44,45)/p-2. The molecule has 18 heteroatoms. The number of ether oxygens (including phenoxy) is 3. The lowest BCUT2D eigenvalue weighted by molar-refractivity contribution is -0.143. The number of methoxy groups -OCH3 is 1. The van der Waals surface area contributed by atoms with E-state index in [1.165, 1.54) is 13.2 Å². The number of hydrogen-bond donors (Lipinski definition) is 2. The molecule has 3 N–H and O–H groups in total. The Kier molecular flexibility index (Phi) is 11.8. The summed E-state index contributed by atoms with van der Waals surface area (Å²) in [6, 6.07) is 3.80. The fourth-order valence-corrected chi connectivity index (χ4v) is 8.71. The van der Waals surface area contributed by atoms with Crippen LogP contribution in [0.3, 0.4) is 0 Å². The van der Waals surface area contributed by atoms with Gasteiger partial charge in [0.2, 0.25) is 5.96 Å². The van der Waals surface area contributed by atoms with Crippen LogP contribution < -0.4 is 29.7 Å². The lowest BCUT2D eigenvalue weighted by atomic mass is 9.92. The topological polar surface area (TPSA) is 199 Å². The van der Waals surface area contributed by atoms with E-state index >= 15 is 0 Å². The quantitative estimate of drug-likeness (QED) is 0.111. The summed E-state index contributed by atoms with van der Waals surface area (Å²) in [6.07, 6.45) is 1.52. The van der Waals surface area contributed by atoms with Crippen molar-refractivity contribution in [2.45, 2.75) is 71.9 Å². The number of carbonyl (C=O) groups is 2. The maximum atomic E-state index is 13.7. The van der Waals surface area contributed by atoms with E-state index in [-0.39, 0.29) is 41.6 Å². The summed E-state index contributed by atoms with van der Waals surface area (Å²) in [4.78, 5) is 28.4. The van der Waals surface area contributed by atoms with Crippen LogP contribution in [0, 0.1) is 20.8 Å². The number of nitrogens with one attached hydrogen (secondary N) is 1. The second-order valence-electron chi connectivity index (χ2n) is 12.7. The molecule has 2 aromatic carbocycles. The van der Waals surface area contributed by atoms with E-state index in [9.17, 15) is 27.1 Å². The number of hydrogen-bond acceptors (Lipinski definition) is 10. The molecule has 1 amide bonds. The first kappa shape index (κ1) is 38.7. The zero-order valence-electron chi connectivity index (χ0n) is 28.8. The van der Waals surface area contributed by atoms with Gasteiger partial charge in [-0.05, 0) is 87.7 Å². The van der Waals surface area contributed by atoms with Crippen molar-refractivity contribution in [3.63, 3.8) is 0 Å². The molecule has 0 radical (unpaired) electrons. The van der Waals surface area contributed by atoms with Gasteiger partial charge in [-0.3, -0.25) is 13.3 Å². The highest BCUT2D eigenvalue weighted by molar-refractivity contribution is 9.10. The Balaban J connectivity index is 1.40. The van der Waals surface area contributed by atoms with E-state index in [4.69, 9.17) is 19.9 Å². The third-order valence-corrected chi connectivity index (χ3v) is 11.3. The predicted octanol–water partition coefficient (Wildman–Crippen LogP) is 4.68. The number of nitrogens with zero attached hydrogens (tertiary/aromatic N) is 3. The maximum Gasteiger partial charge on any atom is 0.328 e. The molecule has 0 aliphatic carbocycles. The molecule has 3 atom stereocenters. The molecule has 2 aliphatic heterocycles. The highest BCUT2D eigenvalue weighted by Gasteiger charge is 2.36. The molecule has 2 aliphatic rings. The number of fused-ring (bicyclic) bond motifs is 2. The van der Waals surface area contributed by atoms with Gasteiger partial charge in [-0.2, -0.15) is 4.40 Å². The van der Waals surface area contributed by atoms with Crippen molar-refractivity contribution < 1.29 is 41.3 Å². The number of thiophene rings is 1. The number of carbonyl (C=O) groups excluding carboxylic acids is 2. The van der Waals surface area contributed by atoms with Crippen molar-refractivity contribution >= 4 is 84.7 Å². The molecule has 51 heavy (non-hydrogen) atoms. The smallest absolute Gasteiger partial charge is 0.328 e. The van der Waals surface area contributed by atoms with Crippen molar-refractivity contribution in [1.29, 1.82) is 0 Å². The van der Waals surface area contributed by atoms with Gasteiger partial charge in [0.15, 0.2) is 0 Å². The predicted molar refractivity (Wildman–Crippen MR) is 198 cm³/mol. The number of esters is 1. The van der Waals surface area contributed by atoms with E-state index in [2.05, 4.69) is 25.6 Å². The highest BCUT2D eigenvalue weighted by atomic mass is 79.9. The van der Waals surface area contributed by atoms with Gasteiger partial charge in [0.1, 0.15) is 28.0 Å². The van der Waals surface area contributed by atoms with Gasteiger partial charge < -0.3 is 39.3 Å². The molecule has 1 aromatic heterocycles. The Bertz CT molecular complexity index is 1950. The minimum Gasteiger partial charge on any atom is -0.755 e. The van der Waals surface area contributed by atoms with Crippen LogP contribution in [0.2, 0.25) is 0 Å². The Hall–Kier alpha value is -3.55. The number of amides is 1. The molecule has 3 heterocycles. The second-order valence-corrected chi connectivity index (χ2v) is 16.0. The summed E-state index contributed by atoms with van der Waals surface area (Å²) in [7, 11) is 1.19. The Labute approximate surface area is 313 Å². The van der Waals surface area contributed by atoms with Gasteiger partial charge in [-0.25, -0.2) is 9.00 Å². The van der Waals surface area contributed by atoms with Crippen LogP contribution in [-0.2, 0) is 44.9 Å². The average molecular weight is 825 g/mol. The zero-order valence-corrected chi connectivity index (χ0v) is 32.9. The maximum absolute atomic E-state index is 13.7. The molecule has 5 rings (SSSR count). The normalized spacial score (nSPS) is 16.3. The lowest BCUT2D eigenvalue weighted by Gasteiger charge is -2.30. The van der Waals surface area contributed by atoms with Crippen molar-refractivity contribution in [2.24, 2.45) is 10.1 Å². The molecule has 14 nitrogen and oxygen atoms in total. The van der Waals surface area contributed by atoms with E-state index in [1.54, 1.807) is 16.3 Å². The fraction of sp³-hybridized carbons (Fsp3) is 0.424. The van der Waals surface area contributed by atoms with Crippen LogP contribution in [0.15, 0.2) is 32.4 Å². The van der Waals surface area contributed by atoms with Gasteiger partial charge in [-0.15, -0.1) is 11.3 Å². The van der Waals surface area contributed by atoms with Gasteiger partial charge in [0.25, 0.3) is 5.91 Å². The SMILES string of the molecule is COC(=O)C(CCCN(C(N)=NS(=O)[O-])c1c(C)c(C)c2c(c1C)CC(C)(C)O2)NC(=O)c1sccc1N(c1cc(Br)cc2c1OCC2)S(=O)[O-]. The molecule has 3 aromatic rings. The molecule has 0 saturated heterocycles. The van der Waals surface area contributed by atoms with Crippen LogP contribution in [0.1, 0.15) is 64.2 Å². The average Bonchev–Trinajstić information content (AvgIpc) is 3.80.